The number of aromatic nitrogens is 1. The molecule has 1 heterocycles. The summed E-state index contributed by atoms with van der Waals surface area (Å²) in [5.41, 5.74) is 2.55. The number of carboxylic acid groups (broad SMARTS) is 1. The van der Waals surface area contributed by atoms with Crippen LogP contribution in [0.25, 0.3) is 10.9 Å². The highest BCUT2D eigenvalue weighted by Crippen LogP contribution is 2.28. The van der Waals surface area contributed by atoms with Crippen molar-refractivity contribution in [3.8, 4) is 17.2 Å². The van der Waals surface area contributed by atoms with Crippen molar-refractivity contribution in [2.24, 2.45) is 0 Å². The van der Waals surface area contributed by atoms with E-state index < -0.39 is 5.97 Å². The molecule has 154 valence electrons. The molecular weight excluding hydrogens is 370 g/mol. The van der Waals surface area contributed by atoms with Gasteiger partial charge in [-0.1, -0.05) is 0 Å². The molecule has 0 fully saturated rings. The number of H-pyrrole nitrogens is 1. The maximum Gasteiger partial charge on any atom is 0.307 e. The van der Waals surface area contributed by atoms with Crippen LogP contribution in [0, 0.1) is 0 Å². The largest absolute Gasteiger partial charge is 0.491 e. The smallest absolute Gasteiger partial charge is 0.307 e. The van der Waals surface area contributed by atoms with E-state index in [0.717, 1.165) is 33.5 Å². The van der Waals surface area contributed by atoms with Crippen molar-refractivity contribution in [2.75, 3.05) is 0 Å². The first-order chi connectivity index (χ1) is 13.8. The Balaban J connectivity index is 1.80. The highest BCUT2D eigenvalue weighted by molar-refractivity contribution is 5.88. The molecule has 0 amide bonds. The van der Waals surface area contributed by atoms with Crippen molar-refractivity contribution in [2.45, 2.75) is 52.9 Å². The zero-order chi connectivity index (χ0) is 21.0. The third-order valence-corrected chi connectivity index (χ3v) is 4.17. The number of carboxylic acids is 1. The van der Waals surface area contributed by atoms with Crippen LogP contribution in [-0.4, -0.2) is 28.3 Å². The van der Waals surface area contributed by atoms with Gasteiger partial charge in [-0.2, -0.15) is 0 Å². The molecule has 1 aromatic heterocycles. The number of hydrogen-bond acceptors (Lipinski definition) is 4. The predicted molar refractivity (Wildman–Crippen MR) is 112 cm³/mol. The topological polar surface area (TPSA) is 80.8 Å². The molecule has 0 aliphatic rings. The van der Waals surface area contributed by atoms with Gasteiger partial charge in [0, 0.05) is 23.2 Å². The summed E-state index contributed by atoms with van der Waals surface area (Å²) in [4.78, 5) is 14.1. The molecule has 0 unspecified atom stereocenters. The SMILES string of the molecule is CC(C)Oc1cc(COc2ccc3[nH]cc(CC(=O)O)c3c2)cc(OC(C)C)c1. The van der Waals surface area contributed by atoms with Crippen molar-refractivity contribution in [1.29, 1.82) is 0 Å². The summed E-state index contributed by atoms with van der Waals surface area (Å²) in [6.07, 6.45) is 1.81. The highest BCUT2D eigenvalue weighted by Gasteiger charge is 2.10. The Labute approximate surface area is 170 Å². The average molecular weight is 397 g/mol. The number of fused-ring (bicyclic) bond motifs is 1. The summed E-state index contributed by atoms with van der Waals surface area (Å²) < 4.78 is 17.6. The third-order valence-electron chi connectivity index (χ3n) is 4.17. The van der Waals surface area contributed by atoms with Gasteiger partial charge in [0.2, 0.25) is 0 Å². The molecule has 2 aromatic carbocycles. The van der Waals surface area contributed by atoms with E-state index in [0.29, 0.717) is 12.4 Å². The number of rotatable bonds is 9. The first-order valence-electron chi connectivity index (χ1n) is 9.72. The molecule has 0 saturated heterocycles. The quantitative estimate of drug-likeness (QED) is 0.534. The van der Waals surface area contributed by atoms with Crippen LogP contribution in [-0.2, 0) is 17.8 Å². The summed E-state index contributed by atoms with van der Waals surface area (Å²) in [6.45, 7) is 8.26. The van der Waals surface area contributed by atoms with Crippen LogP contribution in [0.3, 0.4) is 0 Å². The minimum atomic E-state index is -0.864. The van der Waals surface area contributed by atoms with Crippen LogP contribution in [0.4, 0.5) is 0 Å². The second-order valence-electron chi connectivity index (χ2n) is 7.53. The molecule has 0 saturated carbocycles. The van der Waals surface area contributed by atoms with E-state index in [4.69, 9.17) is 19.3 Å². The monoisotopic (exact) mass is 397 g/mol. The predicted octanol–water partition coefficient (Wildman–Crippen LogP) is 4.95. The van der Waals surface area contributed by atoms with Gasteiger partial charge in [-0.3, -0.25) is 4.79 Å². The lowest BCUT2D eigenvalue weighted by Gasteiger charge is -2.16. The Morgan fingerprint density at radius 3 is 2.21 bits per heavy atom. The Hall–Kier alpha value is -3.15. The van der Waals surface area contributed by atoms with Gasteiger partial charge in [0.05, 0.1) is 18.6 Å². The number of hydrogen-bond donors (Lipinski definition) is 2. The molecule has 0 aliphatic carbocycles. The Bertz CT molecular complexity index is 962. The van der Waals surface area contributed by atoms with Crippen molar-refractivity contribution < 1.29 is 24.1 Å². The van der Waals surface area contributed by atoms with Crippen molar-refractivity contribution in [3.05, 3.63) is 53.7 Å². The molecule has 0 radical (unpaired) electrons. The second-order valence-corrected chi connectivity index (χ2v) is 7.53. The number of nitrogens with one attached hydrogen (secondary N) is 1. The summed E-state index contributed by atoms with van der Waals surface area (Å²) in [5, 5.41) is 9.93. The van der Waals surface area contributed by atoms with E-state index >= 15 is 0 Å². The lowest BCUT2D eigenvalue weighted by molar-refractivity contribution is -0.136. The molecule has 0 atom stereocenters. The minimum Gasteiger partial charge on any atom is -0.491 e. The zero-order valence-electron chi connectivity index (χ0n) is 17.2. The molecule has 3 rings (SSSR count). The van der Waals surface area contributed by atoms with Gasteiger partial charge in [0.15, 0.2) is 0 Å². The Kier molecular flexibility index (Phi) is 6.32. The number of carbonyl (C=O) groups is 1. The fraction of sp³-hybridized carbons (Fsp3) is 0.348. The van der Waals surface area contributed by atoms with Crippen LogP contribution in [0.15, 0.2) is 42.6 Å². The summed E-state index contributed by atoms with van der Waals surface area (Å²) >= 11 is 0. The number of aromatic amines is 1. The molecular formula is C23H27NO5. The van der Waals surface area contributed by atoms with E-state index in [1.807, 2.05) is 64.1 Å². The highest BCUT2D eigenvalue weighted by atomic mass is 16.5. The van der Waals surface area contributed by atoms with Crippen LogP contribution in [0.5, 0.6) is 17.2 Å². The van der Waals surface area contributed by atoms with Gasteiger partial charge in [-0.05, 0) is 69.2 Å². The molecule has 0 aliphatic heterocycles. The summed E-state index contributed by atoms with van der Waals surface area (Å²) in [5.74, 6) is 1.28. The van der Waals surface area contributed by atoms with Crippen molar-refractivity contribution in [3.63, 3.8) is 0 Å². The van der Waals surface area contributed by atoms with E-state index in [1.165, 1.54) is 0 Å². The third kappa shape index (κ3) is 5.67. The Morgan fingerprint density at radius 1 is 0.966 bits per heavy atom. The maximum absolute atomic E-state index is 11.1. The second kappa shape index (κ2) is 8.90. The van der Waals surface area contributed by atoms with Crippen LogP contribution < -0.4 is 14.2 Å². The number of ether oxygens (including phenoxy) is 3. The first kappa shape index (κ1) is 20.6. The van der Waals surface area contributed by atoms with E-state index in [-0.39, 0.29) is 18.6 Å². The maximum atomic E-state index is 11.1. The van der Waals surface area contributed by atoms with Gasteiger partial charge in [0.25, 0.3) is 0 Å². The van der Waals surface area contributed by atoms with Crippen LogP contribution in [0.1, 0.15) is 38.8 Å². The summed E-state index contributed by atoms with van der Waals surface area (Å²) in [7, 11) is 0. The molecule has 2 N–H and O–H groups in total. The summed E-state index contributed by atoms with van der Waals surface area (Å²) in [6, 6.07) is 11.4. The zero-order valence-corrected chi connectivity index (χ0v) is 17.2. The van der Waals surface area contributed by atoms with Gasteiger partial charge in [-0.25, -0.2) is 0 Å². The number of benzene rings is 2. The van der Waals surface area contributed by atoms with Crippen LogP contribution in [0.2, 0.25) is 0 Å². The normalized spacial score (nSPS) is 11.2. The molecule has 6 nitrogen and oxygen atoms in total. The lowest BCUT2D eigenvalue weighted by atomic mass is 10.1. The van der Waals surface area contributed by atoms with E-state index in [9.17, 15) is 4.79 Å². The number of aliphatic carboxylic acids is 1. The fourth-order valence-electron chi connectivity index (χ4n) is 3.12. The van der Waals surface area contributed by atoms with E-state index in [2.05, 4.69) is 4.98 Å². The van der Waals surface area contributed by atoms with Gasteiger partial charge in [-0.15, -0.1) is 0 Å². The minimum absolute atomic E-state index is 0.0338. The standard InChI is InChI=1S/C23H27NO5/c1-14(2)28-19-7-16(8-20(10-19)29-15(3)4)13-27-18-5-6-22-21(11-18)17(12-24-22)9-23(25)26/h5-8,10-12,14-15,24H,9,13H2,1-4H3,(H,25,26). The Morgan fingerprint density at radius 2 is 1.62 bits per heavy atom. The fourth-order valence-corrected chi connectivity index (χ4v) is 3.12. The van der Waals surface area contributed by atoms with Gasteiger partial charge in [0.1, 0.15) is 23.9 Å². The molecule has 0 bridgehead atoms. The van der Waals surface area contributed by atoms with Gasteiger partial charge < -0.3 is 24.3 Å². The van der Waals surface area contributed by atoms with E-state index in [1.54, 1.807) is 6.20 Å². The molecule has 3 aromatic rings. The average Bonchev–Trinajstić information content (AvgIpc) is 3.00. The van der Waals surface area contributed by atoms with Gasteiger partial charge >= 0.3 is 5.97 Å². The van der Waals surface area contributed by atoms with Crippen molar-refractivity contribution in [1.82, 2.24) is 4.98 Å². The first-order valence-corrected chi connectivity index (χ1v) is 9.72. The van der Waals surface area contributed by atoms with Crippen LogP contribution >= 0.6 is 0 Å². The molecule has 29 heavy (non-hydrogen) atoms. The lowest BCUT2D eigenvalue weighted by Crippen LogP contribution is -2.09. The molecule has 0 spiro atoms. The van der Waals surface area contributed by atoms with Crippen molar-refractivity contribution >= 4 is 16.9 Å². The molecule has 6 heteroatoms.